The van der Waals surface area contributed by atoms with Crippen molar-refractivity contribution in [3.8, 4) is 5.75 Å². The molecule has 1 aliphatic heterocycles. The molecule has 1 aliphatic rings. The fourth-order valence-corrected chi connectivity index (χ4v) is 6.47. The molecule has 0 aliphatic carbocycles. The predicted octanol–water partition coefficient (Wildman–Crippen LogP) is 6.33. The minimum atomic E-state index is -0.0671. The molecule has 0 spiro atoms. The van der Waals surface area contributed by atoms with Gasteiger partial charge in [-0.25, -0.2) is 4.98 Å². The lowest BCUT2D eigenvalue weighted by Gasteiger charge is -2.33. The fraction of sp³-hybridized carbons (Fsp3) is 0.316. The maximum atomic E-state index is 13.9. The molecule has 8 nitrogen and oxygen atoms in total. The van der Waals surface area contributed by atoms with Crippen LogP contribution in [0.2, 0.25) is 0 Å². The molecule has 46 heavy (non-hydrogen) atoms. The zero-order chi connectivity index (χ0) is 31.9. The largest absolute Gasteiger partial charge is 0.497 e. The van der Waals surface area contributed by atoms with Crippen molar-refractivity contribution in [1.29, 1.82) is 0 Å². The summed E-state index contributed by atoms with van der Waals surface area (Å²) in [6, 6.07) is 31.4. The van der Waals surface area contributed by atoms with Gasteiger partial charge < -0.3 is 19.1 Å². The number of pyridine rings is 1. The van der Waals surface area contributed by atoms with Gasteiger partial charge in [0.25, 0.3) is 5.91 Å². The Labute approximate surface area is 270 Å². The molecule has 0 saturated carbocycles. The van der Waals surface area contributed by atoms with Crippen LogP contribution < -0.4 is 4.74 Å². The van der Waals surface area contributed by atoms with Crippen molar-refractivity contribution in [2.45, 2.75) is 31.7 Å². The number of nitrogens with zero attached hydrogens (tertiary/aromatic N) is 5. The van der Waals surface area contributed by atoms with Gasteiger partial charge in [-0.05, 0) is 93.0 Å². The number of ether oxygens (including phenoxy) is 1. The van der Waals surface area contributed by atoms with E-state index in [1.165, 1.54) is 5.56 Å². The number of benzene rings is 3. The molecule has 3 heterocycles. The number of piperidine rings is 1. The number of aromatic nitrogens is 3. The first-order chi connectivity index (χ1) is 22.5. The number of rotatable bonds is 12. The number of ketones is 1. The molecule has 1 atom stereocenters. The van der Waals surface area contributed by atoms with Gasteiger partial charge in [-0.15, -0.1) is 0 Å². The second kappa shape index (κ2) is 14.5. The van der Waals surface area contributed by atoms with Gasteiger partial charge in [0.05, 0.1) is 30.4 Å². The highest BCUT2D eigenvalue weighted by Gasteiger charge is 2.30. The summed E-state index contributed by atoms with van der Waals surface area (Å²) in [5.74, 6) is 1.57. The second-order valence-electron chi connectivity index (χ2n) is 12.1. The minimum Gasteiger partial charge on any atom is -0.497 e. The van der Waals surface area contributed by atoms with Crippen LogP contribution in [-0.2, 0) is 6.54 Å². The van der Waals surface area contributed by atoms with Crippen LogP contribution in [0.15, 0.2) is 103 Å². The third-order valence-corrected chi connectivity index (χ3v) is 9.12. The van der Waals surface area contributed by atoms with Gasteiger partial charge in [0.15, 0.2) is 5.82 Å². The Balaban J connectivity index is 1.11. The standard InChI is InChI=1S/C38H41N5O3/c1-41(38(45)30-10-4-3-5-11-30)26-31(28-15-17-33(46-2)18-16-28)21-25-42-23-19-29(20-24-42)36(44)37-40-34-13-6-7-14-35(34)43(37)27-32-12-8-9-22-39-32/h3-18,22,29,31H,19-21,23-27H2,1-2H3. The van der Waals surface area contributed by atoms with Gasteiger partial charge in [0.1, 0.15) is 5.75 Å². The maximum Gasteiger partial charge on any atom is 0.253 e. The summed E-state index contributed by atoms with van der Waals surface area (Å²) in [6.07, 6.45) is 4.28. The first-order valence-corrected chi connectivity index (χ1v) is 16.1. The summed E-state index contributed by atoms with van der Waals surface area (Å²) in [5.41, 5.74) is 4.56. The molecule has 8 heteroatoms. The van der Waals surface area contributed by atoms with Crippen LogP contribution in [0.3, 0.4) is 0 Å². The number of likely N-dealkylation sites (N-methyl/N-ethyl adjacent to an activating group) is 1. The van der Waals surface area contributed by atoms with Gasteiger partial charge in [0.2, 0.25) is 5.78 Å². The Morgan fingerprint density at radius 1 is 0.913 bits per heavy atom. The van der Waals surface area contributed by atoms with Gasteiger partial charge in [-0.3, -0.25) is 14.6 Å². The van der Waals surface area contributed by atoms with Crippen molar-refractivity contribution in [2.75, 3.05) is 40.3 Å². The first-order valence-electron chi connectivity index (χ1n) is 16.1. The maximum absolute atomic E-state index is 13.9. The Bertz CT molecular complexity index is 1750. The van der Waals surface area contributed by atoms with E-state index in [-0.39, 0.29) is 23.5 Å². The molecule has 0 N–H and O–H groups in total. The van der Waals surface area contributed by atoms with Gasteiger partial charge in [-0.2, -0.15) is 0 Å². The molecule has 0 radical (unpaired) electrons. The molecular weight excluding hydrogens is 574 g/mol. The van der Waals surface area contributed by atoms with E-state index >= 15 is 0 Å². The number of hydrogen-bond acceptors (Lipinski definition) is 6. The normalized spacial score (nSPS) is 14.7. The fourth-order valence-electron chi connectivity index (χ4n) is 6.47. The lowest BCUT2D eigenvalue weighted by Crippen LogP contribution is -2.38. The van der Waals surface area contributed by atoms with Crippen LogP contribution in [0.5, 0.6) is 5.75 Å². The number of para-hydroxylation sites is 2. The number of carbonyl (C=O) groups excluding carboxylic acids is 2. The number of carbonyl (C=O) groups is 2. The number of imidazole rings is 1. The smallest absolute Gasteiger partial charge is 0.253 e. The van der Waals surface area contributed by atoms with Crippen molar-refractivity contribution in [2.24, 2.45) is 5.92 Å². The van der Waals surface area contributed by atoms with E-state index in [4.69, 9.17) is 9.72 Å². The molecule has 2 aromatic heterocycles. The summed E-state index contributed by atoms with van der Waals surface area (Å²) in [7, 11) is 3.55. The summed E-state index contributed by atoms with van der Waals surface area (Å²) in [5, 5.41) is 0. The Morgan fingerprint density at radius 3 is 2.35 bits per heavy atom. The van der Waals surface area contributed by atoms with Crippen LogP contribution in [0.4, 0.5) is 0 Å². The molecular formula is C38H41N5O3. The van der Waals surface area contributed by atoms with Gasteiger partial charge in [-0.1, -0.05) is 48.5 Å². The molecule has 6 rings (SSSR count). The van der Waals surface area contributed by atoms with E-state index in [9.17, 15) is 9.59 Å². The number of methoxy groups -OCH3 is 1. The highest BCUT2D eigenvalue weighted by atomic mass is 16.5. The van der Waals surface area contributed by atoms with Crippen LogP contribution >= 0.6 is 0 Å². The van der Waals surface area contributed by atoms with Crippen LogP contribution in [0, 0.1) is 5.92 Å². The zero-order valence-electron chi connectivity index (χ0n) is 26.6. The van der Waals surface area contributed by atoms with Crippen molar-refractivity contribution < 1.29 is 14.3 Å². The summed E-state index contributed by atoms with van der Waals surface area (Å²) < 4.78 is 7.41. The van der Waals surface area contributed by atoms with Gasteiger partial charge in [0, 0.05) is 37.2 Å². The average molecular weight is 616 g/mol. The Kier molecular flexibility index (Phi) is 9.84. The van der Waals surface area contributed by atoms with Crippen molar-refractivity contribution >= 4 is 22.7 Å². The van der Waals surface area contributed by atoms with E-state index in [0.29, 0.717) is 24.5 Å². The Hall–Kier alpha value is -4.82. The molecule has 0 bridgehead atoms. The number of likely N-dealkylation sites (tertiary alicyclic amines) is 1. The van der Waals surface area contributed by atoms with Crippen molar-refractivity contribution in [1.82, 2.24) is 24.3 Å². The second-order valence-corrected chi connectivity index (χ2v) is 12.1. The lowest BCUT2D eigenvalue weighted by atomic mass is 9.90. The Morgan fingerprint density at radius 2 is 1.63 bits per heavy atom. The van der Waals surface area contributed by atoms with Crippen molar-refractivity contribution in [3.63, 3.8) is 0 Å². The quantitative estimate of drug-likeness (QED) is 0.153. The van der Waals surface area contributed by atoms with Crippen LogP contribution in [-0.4, -0.2) is 76.4 Å². The number of amides is 1. The van der Waals surface area contributed by atoms with Crippen LogP contribution in [0.1, 0.15) is 57.4 Å². The molecule has 1 amide bonds. The third-order valence-electron chi connectivity index (χ3n) is 9.12. The number of Topliss-reactive ketones (excluding diaryl/α,β-unsaturated/α-hetero) is 1. The topological polar surface area (TPSA) is 80.6 Å². The summed E-state index contributed by atoms with van der Waals surface area (Å²) in [6.45, 7) is 3.72. The predicted molar refractivity (Wildman–Crippen MR) is 180 cm³/mol. The number of hydrogen-bond donors (Lipinski definition) is 0. The highest BCUT2D eigenvalue weighted by molar-refractivity contribution is 5.98. The zero-order valence-corrected chi connectivity index (χ0v) is 26.6. The van der Waals surface area contributed by atoms with E-state index in [1.54, 1.807) is 13.3 Å². The molecule has 1 fully saturated rings. The van der Waals surface area contributed by atoms with Crippen LogP contribution in [0.25, 0.3) is 11.0 Å². The molecule has 3 aromatic carbocycles. The lowest BCUT2D eigenvalue weighted by molar-refractivity contribution is 0.0779. The van der Waals surface area contributed by atoms with E-state index in [2.05, 4.69) is 22.0 Å². The third kappa shape index (κ3) is 7.18. The summed E-state index contributed by atoms with van der Waals surface area (Å²) >= 11 is 0. The first kappa shape index (κ1) is 31.2. The van der Waals surface area contributed by atoms with E-state index in [0.717, 1.165) is 61.4 Å². The van der Waals surface area contributed by atoms with E-state index in [1.807, 2.05) is 101 Å². The minimum absolute atomic E-state index is 0.0208. The molecule has 236 valence electrons. The molecule has 1 saturated heterocycles. The SMILES string of the molecule is COc1ccc(C(CCN2CCC(C(=O)c3nc4ccccc4n3Cc3ccccn3)CC2)CN(C)C(=O)c2ccccc2)cc1. The average Bonchev–Trinajstić information content (AvgIpc) is 3.48. The summed E-state index contributed by atoms with van der Waals surface area (Å²) in [4.78, 5) is 40.7. The molecule has 1 unspecified atom stereocenters. The van der Waals surface area contributed by atoms with Gasteiger partial charge >= 0.3 is 0 Å². The monoisotopic (exact) mass is 615 g/mol. The number of fused-ring (bicyclic) bond motifs is 1. The molecule has 5 aromatic rings. The van der Waals surface area contributed by atoms with E-state index < -0.39 is 0 Å². The van der Waals surface area contributed by atoms with Crippen molar-refractivity contribution in [3.05, 3.63) is 126 Å². The highest BCUT2D eigenvalue weighted by Crippen LogP contribution is 2.28.